The van der Waals surface area contributed by atoms with Crippen LogP contribution in [0.3, 0.4) is 0 Å². The number of aromatic hydroxyl groups is 2. The monoisotopic (exact) mass is 453 g/mol. The molecule has 0 bridgehead atoms. The van der Waals surface area contributed by atoms with Crippen LogP contribution in [-0.2, 0) is 0 Å². The molecule has 0 aliphatic carbocycles. The predicted octanol–water partition coefficient (Wildman–Crippen LogP) is 0.442. The Labute approximate surface area is 117 Å². The maximum atomic E-state index is 10.5. The topological polar surface area (TPSA) is 170 Å². The molecule has 0 saturated heterocycles. The van der Waals surface area contributed by atoms with Gasteiger partial charge in [-0.15, -0.1) is 0 Å². The summed E-state index contributed by atoms with van der Waals surface area (Å²) in [4.78, 5) is 27.4. The van der Waals surface area contributed by atoms with Crippen molar-refractivity contribution in [1.82, 2.24) is 0 Å². The van der Waals surface area contributed by atoms with Gasteiger partial charge in [0.2, 0.25) is 5.75 Å². The van der Waals surface area contributed by atoms with Gasteiger partial charge >= 0.3 is 17.1 Å². The Balaban J connectivity index is 0.00000289. The zero-order chi connectivity index (χ0) is 13.3. The summed E-state index contributed by atoms with van der Waals surface area (Å²) in [5.41, 5.74) is -4.04. The molecule has 0 heterocycles. The van der Waals surface area contributed by atoms with Gasteiger partial charge in [0, 0.05) is 27.3 Å². The van der Waals surface area contributed by atoms with Crippen molar-refractivity contribution in [3.63, 3.8) is 0 Å². The van der Waals surface area contributed by atoms with E-state index >= 15 is 0 Å². The van der Waals surface area contributed by atoms with Crippen LogP contribution < -0.4 is 0 Å². The molecule has 1 aromatic rings. The van der Waals surface area contributed by atoms with Crippen molar-refractivity contribution in [1.29, 1.82) is 0 Å². The molecule has 18 heavy (non-hydrogen) atoms. The van der Waals surface area contributed by atoms with Crippen LogP contribution in [0.2, 0.25) is 0 Å². The Bertz CT molecular complexity index is 544. The molecule has 0 aliphatic heterocycles. The van der Waals surface area contributed by atoms with Crippen LogP contribution in [0.4, 0.5) is 17.1 Å². The first-order chi connectivity index (χ1) is 7.77. The molecule has 1 rings (SSSR count). The van der Waals surface area contributed by atoms with Gasteiger partial charge in [-0.1, -0.05) is 0 Å². The minimum atomic E-state index is -1.56. The van der Waals surface area contributed by atoms with Crippen molar-refractivity contribution >= 4 is 44.4 Å². The quantitative estimate of drug-likeness (QED) is 0.378. The van der Waals surface area contributed by atoms with Gasteiger partial charge in [0.05, 0.1) is 20.8 Å². The summed E-state index contributed by atoms with van der Waals surface area (Å²) in [6, 6.07) is 0.232. The molecule has 0 spiro atoms. The third kappa shape index (κ3) is 2.60. The number of rotatable bonds is 3. The molecule has 0 aliphatic rings. The molecule has 0 saturated carbocycles. The van der Waals surface area contributed by atoms with E-state index in [4.69, 9.17) is 5.11 Å². The average Bonchev–Trinajstić information content (AvgIpc) is 2.14. The van der Waals surface area contributed by atoms with Gasteiger partial charge in [-0.25, -0.2) is 0 Å². The Morgan fingerprint density at radius 3 is 1.67 bits per heavy atom. The molecule has 94 valence electrons. The van der Waals surface area contributed by atoms with Crippen LogP contribution in [-0.4, -0.2) is 52.3 Å². The number of nitrogens with zero attached hydrogens (tertiary/aromatic N) is 3. The third-order valence-corrected chi connectivity index (χ3v) is 1.77. The van der Waals surface area contributed by atoms with Gasteiger partial charge < -0.3 is 10.2 Å². The Morgan fingerprint density at radius 1 is 0.889 bits per heavy atom. The van der Waals surface area contributed by atoms with Gasteiger partial charge in [0.15, 0.2) is 0 Å². The van der Waals surface area contributed by atoms with E-state index in [2.05, 4.69) is 0 Å². The summed E-state index contributed by atoms with van der Waals surface area (Å²) in [5, 5.41) is 49.5. The van der Waals surface area contributed by atoms with Crippen molar-refractivity contribution in [3.8, 4) is 11.5 Å². The third-order valence-electron chi connectivity index (χ3n) is 1.77. The van der Waals surface area contributed by atoms with E-state index in [1.807, 2.05) is 0 Å². The Kier molecular flexibility index (Phi) is 4.89. The van der Waals surface area contributed by atoms with Crippen molar-refractivity contribution in [2.45, 2.75) is 0 Å². The molecule has 0 atom stereocenters. The number of hydrogen-bond donors (Lipinski definition) is 2. The van der Waals surface area contributed by atoms with Crippen LogP contribution in [0.5, 0.6) is 11.5 Å². The standard InChI is InChI=1S/C6H3N3O8.Pb/c10-3-1-2(7(12)13)4(8(14)15)6(11)5(3)9(16)17;/h1,10-11H;. The molecule has 11 nitrogen and oxygen atoms in total. The number of benzene rings is 1. The molecule has 0 aromatic heterocycles. The zero-order valence-electron chi connectivity index (χ0n) is 8.26. The molecule has 2 N–H and O–H groups in total. The largest absolute Gasteiger partial charge is 0.502 e. The minimum absolute atomic E-state index is 0. The normalized spacial score (nSPS) is 9.33. The summed E-state index contributed by atoms with van der Waals surface area (Å²) in [5.74, 6) is -2.79. The first-order valence-electron chi connectivity index (χ1n) is 3.79. The fourth-order valence-corrected chi connectivity index (χ4v) is 1.12. The number of phenolic OH excluding ortho intramolecular Hbond substituents is 2. The molecular weight excluding hydrogens is 449 g/mol. The molecule has 12 heteroatoms. The van der Waals surface area contributed by atoms with E-state index in [0.717, 1.165) is 0 Å². The van der Waals surface area contributed by atoms with Crippen molar-refractivity contribution in [2.24, 2.45) is 0 Å². The first kappa shape index (κ1) is 15.9. The van der Waals surface area contributed by atoms with E-state index < -0.39 is 43.3 Å². The van der Waals surface area contributed by atoms with Crippen LogP contribution in [0.1, 0.15) is 0 Å². The van der Waals surface area contributed by atoms with Gasteiger partial charge in [0.1, 0.15) is 0 Å². The Hall–Kier alpha value is -2.06. The Morgan fingerprint density at radius 2 is 1.33 bits per heavy atom. The zero-order valence-corrected chi connectivity index (χ0v) is 12.2. The second kappa shape index (κ2) is 5.52. The number of nitro groups is 3. The summed E-state index contributed by atoms with van der Waals surface area (Å²) < 4.78 is 0. The minimum Gasteiger partial charge on any atom is -0.502 e. The predicted molar refractivity (Wildman–Crippen MR) is 55.5 cm³/mol. The van der Waals surface area contributed by atoms with E-state index in [1.54, 1.807) is 0 Å². The average molecular weight is 452 g/mol. The fraction of sp³-hybridized carbons (Fsp3) is 0. The molecule has 4 radical (unpaired) electrons. The summed E-state index contributed by atoms with van der Waals surface area (Å²) in [6.07, 6.45) is 0. The second-order valence-electron chi connectivity index (χ2n) is 2.73. The van der Waals surface area contributed by atoms with E-state index in [9.17, 15) is 35.4 Å². The molecular formula is C6H3N3O8Pb. The van der Waals surface area contributed by atoms with Crippen LogP contribution in [0.15, 0.2) is 6.07 Å². The van der Waals surface area contributed by atoms with E-state index in [-0.39, 0.29) is 33.4 Å². The first-order valence-corrected chi connectivity index (χ1v) is 3.79. The van der Waals surface area contributed by atoms with Crippen LogP contribution in [0, 0.1) is 30.3 Å². The summed E-state index contributed by atoms with van der Waals surface area (Å²) >= 11 is 0. The van der Waals surface area contributed by atoms with Gasteiger partial charge in [0.25, 0.3) is 5.75 Å². The molecule has 0 amide bonds. The molecule has 0 unspecified atom stereocenters. The second-order valence-corrected chi connectivity index (χ2v) is 2.73. The van der Waals surface area contributed by atoms with Crippen molar-refractivity contribution < 1.29 is 25.0 Å². The smallest absolute Gasteiger partial charge is 0.394 e. The molecule has 1 aromatic carbocycles. The summed E-state index contributed by atoms with van der Waals surface area (Å²) in [6.45, 7) is 0. The van der Waals surface area contributed by atoms with Crippen molar-refractivity contribution in [3.05, 3.63) is 36.4 Å². The van der Waals surface area contributed by atoms with E-state index in [1.165, 1.54) is 0 Å². The number of nitro benzene ring substituents is 3. The fourth-order valence-electron chi connectivity index (χ4n) is 1.12. The van der Waals surface area contributed by atoms with Crippen LogP contribution in [0.25, 0.3) is 0 Å². The SMILES string of the molecule is O=[N+]([O-])c1cc(O)c([N+](=O)[O-])c(O)c1[N+](=O)[O-].[Pb]. The number of hydrogen-bond acceptors (Lipinski definition) is 8. The molecule has 0 fully saturated rings. The van der Waals surface area contributed by atoms with Gasteiger partial charge in [-0.05, 0) is 0 Å². The van der Waals surface area contributed by atoms with Gasteiger partial charge in [-0.3, -0.25) is 30.3 Å². The van der Waals surface area contributed by atoms with E-state index in [0.29, 0.717) is 0 Å². The maximum Gasteiger partial charge on any atom is 0.394 e. The van der Waals surface area contributed by atoms with Crippen molar-refractivity contribution in [2.75, 3.05) is 0 Å². The van der Waals surface area contributed by atoms with Crippen LogP contribution >= 0.6 is 0 Å². The van der Waals surface area contributed by atoms with Gasteiger partial charge in [-0.2, -0.15) is 0 Å². The summed E-state index contributed by atoms with van der Waals surface area (Å²) in [7, 11) is 0. The maximum absolute atomic E-state index is 10.5. The number of phenols is 2.